The Labute approximate surface area is 64.1 Å². The molecular formula is C4H3Br2NO. The number of rotatable bonds is 2. The molecule has 0 fully saturated rings. The molecule has 0 atom stereocenters. The average Bonchev–Trinajstić information content (AvgIpc) is 1.67. The van der Waals surface area contributed by atoms with Crippen LogP contribution in [0.3, 0.4) is 0 Å². The van der Waals surface area contributed by atoms with Crippen LogP contribution in [0.5, 0.6) is 0 Å². The van der Waals surface area contributed by atoms with E-state index in [9.17, 15) is 4.79 Å². The Morgan fingerprint density at radius 2 is 2.25 bits per heavy atom. The first-order valence-corrected chi connectivity index (χ1v) is 3.42. The molecule has 0 aromatic rings. The van der Waals surface area contributed by atoms with Crippen molar-refractivity contribution in [1.82, 2.24) is 0 Å². The predicted octanol–water partition coefficient (Wildman–Crippen LogP) is 1.59. The molecule has 0 saturated heterocycles. The van der Waals surface area contributed by atoms with Crippen LogP contribution in [0, 0.1) is 11.3 Å². The first-order chi connectivity index (χ1) is 3.62. The fourth-order valence-electron chi connectivity index (χ4n) is 0.147. The van der Waals surface area contributed by atoms with E-state index < -0.39 is 3.23 Å². The van der Waals surface area contributed by atoms with E-state index in [0.29, 0.717) is 6.29 Å². The first-order valence-electron chi connectivity index (χ1n) is 1.83. The summed E-state index contributed by atoms with van der Waals surface area (Å²) in [5, 5.41) is 8.06. The van der Waals surface area contributed by atoms with Crippen molar-refractivity contribution in [2.24, 2.45) is 0 Å². The number of nitriles is 1. The maximum Gasteiger partial charge on any atom is 0.148 e. The Hall–Kier alpha value is 0.120. The molecule has 0 amide bonds. The smallest absolute Gasteiger partial charge is 0.148 e. The maximum atomic E-state index is 9.97. The van der Waals surface area contributed by atoms with Gasteiger partial charge in [-0.05, 0) is 0 Å². The minimum absolute atomic E-state index is 0.135. The molecule has 0 rings (SSSR count). The van der Waals surface area contributed by atoms with Crippen molar-refractivity contribution < 1.29 is 4.79 Å². The van der Waals surface area contributed by atoms with E-state index in [1.54, 1.807) is 0 Å². The summed E-state index contributed by atoms with van der Waals surface area (Å²) in [5.41, 5.74) is 0. The van der Waals surface area contributed by atoms with Crippen molar-refractivity contribution in [3.05, 3.63) is 0 Å². The summed E-state index contributed by atoms with van der Waals surface area (Å²) in [6.07, 6.45) is 0.771. The highest BCUT2D eigenvalue weighted by atomic mass is 79.9. The maximum absolute atomic E-state index is 9.97. The number of aldehydes is 1. The molecule has 0 bridgehead atoms. The van der Waals surface area contributed by atoms with Gasteiger partial charge in [0.2, 0.25) is 0 Å². The Morgan fingerprint density at radius 3 is 2.38 bits per heavy atom. The quantitative estimate of drug-likeness (QED) is 0.543. The van der Waals surface area contributed by atoms with Crippen molar-refractivity contribution >= 4 is 38.1 Å². The molecule has 0 aliphatic heterocycles. The summed E-state index contributed by atoms with van der Waals surface area (Å²) in [4.78, 5) is 9.97. The van der Waals surface area contributed by atoms with Crippen LogP contribution in [0.1, 0.15) is 6.42 Å². The molecule has 44 valence electrons. The molecule has 0 aliphatic rings. The van der Waals surface area contributed by atoms with Gasteiger partial charge >= 0.3 is 0 Å². The van der Waals surface area contributed by atoms with E-state index in [1.807, 2.05) is 6.07 Å². The van der Waals surface area contributed by atoms with E-state index in [4.69, 9.17) is 5.26 Å². The van der Waals surface area contributed by atoms with Crippen molar-refractivity contribution in [3.8, 4) is 6.07 Å². The third-order valence-electron chi connectivity index (χ3n) is 0.487. The van der Waals surface area contributed by atoms with Gasteiger partial charge in [0, 0.05) is 0 Å². The highest BCUT2D eigenvalue weighted by Crippen LogP contribution is 2.26. The van der Waals surface area contributed by atoms with Gasteiger partial charge in [0.15, 0.2) is 0 Å². The Bertz CT molecular complexity index is 126. The second-order valence-corrected chi connectivity index (χ2v) is 5.11. The standard InChI is InChI=1S/C4H3Br2NO/c5-4(6,3-8)1-2-7/h3H,1H2. The van der Waals surface area contributed by atoms with Gasteiger partial charge in [-0.25, -0.2) is 0 Å². The molecule has 0 aliphatic carbocycles. The third-order valence-corrected chi connectivity index (χ3v) is 1.42. The molecule has 0 heterocycles. The van der Waals surface area contributed by atoms with Gasteiger partial charge in [-0.1, -0.05) is 31.9 Å². The van der Waals surface area contributed by atoms with Crippen LogP contribution >= 0.6 is 31.9 Å². The zero-order valence-electron chi connectivity index (χ0n) is 3.90. The molecule has 0 radical (unpaired) electrons. The van der Waals surface area contributed by atoms with Gasteiger partial charge in [-0.3, -0.25) is 0 Å². The van der Waals surface area contributed by atoms with Gasteiger partial charge in [0.05, 0.1) is 12.5 Å². The normalized spacial score (nSPS) is 10.1. The number of nitrogens with zero attached hydrogens (tertiary/aromatic N) is 1. The van der Waals surface area contributed by atoms with Gasteiger partial charge in [0.1, 0.15) is 9.52 Å². The largest absolute Gasteiger partial charge is 0.301 e. The zero-order chi connectivity index (χ0) is 6.62. The fraction of sp³-hybridized carbons (Fsp3) is 0.500. The van der Waals surface area contributed by atoms with Gasteiger partial charge in [0.25, 0.3) is 0 Å². The van der Waals surface area contributed by atoms with Crippen molar-refractivity contribution in [2.75, 3.05) is 0 Å². The number of hydrogen-bond acceptors (Lipinski definition) is 2. The van der Waals surface area contributed by atoms with Gasteiger partial charge in [-0.15, -0.1) is 0 Å². The molecule has 0 unspecified atom stereocenters. The lowest BCUT2D eigenvalue weighted by atomic mass is 10.4. The second kappa shape index (κ2) is 3.21. The number of alkyl halides is 2. The van der Waals surface area contributed by atoms with E-state index >= 15 is 0 Å². The van der Waals surface area contributed by atoms with E-state index in [1.165, 1.54) is 0 Å². The van der Waals surface area contributed by atoms with Crippen molar-refractivity contribution in [3.63, 3.8) is 0 Å². The predicted molar refractivity (Wildman–Crippen MR) is 36.9 cm³/mol. The third kappa shape index (κ3) is 3.16. The van der Waals surface area contributed by atoms with Crippen LogP contribution in [0.2, 0.25) is 0 Å². The molecule has 4 heteroatoms. The molecule has 0 N–H and O–H groups in total. The van der Waals surface area contributed by atoms with Crippen LogP contribution in [0.4, 0.5) is 0 Å². The molecule has 8 heavy (non-hydrogen) atoms. The second-order valence-electron chi connectivity index (χ2n) is 1.21. The van der Waals surface area contributed by atoms with Crippen molar-refractivity contribution in [1.29, 1.82) is 5.26 Å². The summed E-state index contributed by atoms with van der Waals surface area (Å²) in [7, 11) is 0. The summed E-state index contributed by atoms with van der Waals surface area (Å²) >= 11 is 5.93. The minimum atomic E-state index is -0.825. The average molecular weight is 241 g/mol. The zero-order valence-corrected chi connectivity index (χ0v) is 7.07. The summed E-state index contributed by atoms with van der Waals surface area (Å²) in [6.45, 7) is 0. The van der Waals surface area contributed by atoms with E-state index in [0.717, 1.165) is 0 Å². The lowest BCUT2D eigenvalue weighted by Gasteiger charge is -2.03. The number of carbonyl (C=O) groups is 1. The van der Waals surface area contributed by atoms with Crippen LogP contribution < -0.4 is 0 Å². The lowest BCUT2D eigenvalue weighted by Crippen LogP contribution is -2.10. The lowest BCUT2D eigenvalue weighted by molar-refractivity contribution is -0.107. The van der Waals surface area contributed by atoms with Gasteiger partial charge in [-0.2, -0.15) is 5.26 Å². The highest BCUT2D eigenvalue weighted by molar-refractivity contribution is 9.25. The van der Waals surface area contributed by atoms with Crippen LogP contribution in [0.15, 0.2) is 0 Å². The molecular weight excluding hydrogens is 238 g/mol. The molecule has 0 spiro atoms. The number of halogens is 2. The summed E-state index contributed by atoms with van der Waals surface area (Å²) in [6, 6.07) is 1.83. The number of hydrogen-bond donors (Lipinski definition) is 0. The van der Waals surface area contributed by atoms with Gasteiger partial charge < -0.3 is 4.79 Å². The summed E-state index contributed by atoms with van der Waals surface area (Å²) < 4.78 is -0.825. The first kappa shape index (κ1) is 8.12. The van der Waals surface area contributed by atoms with E-state index in [2.05, 4.69) is 31.9 Å². The van der Waals surface area contributed by atoms with Crippen LogP contribution in [0.25, 0.3) is 0 Å². The summed E-state index contributed by atoms with van der Waals surface area (Å²) in [5.74, 6) is 0. The molecule has 2 nitrogen and oxygen atoms in total. The Balaban J connectivity index is 3.76. The van der Waals surface area contributed by atoms with Crippen LogP contribution in [-0.4, -0.2) is 9.52 Å². The number of carbonyl (C=O) groups excluding carboxylic acids is 1. The molecule has 0 saturated carbocycles. The fourth-order valence-corrected chi connectivity index (χ4v) is 0.398. The SMILES string of the molecule is N#CCC(Br)(Br)C=O. The Kier molecular flexibility index (Phi) is 3.25. The monoisotopic (exact) mass is 239 g/mol. The van der Waals surface area contributed by atoms with Crippen molar-refractivity contribution in [2.45, 2.75) is 9.65 Å². The Morgan fingerprint density at radius 1 is 1.75 bits per heavy atom. The molecule has 0 aromatic heterocycles. The van der Waals surface area contributed by atoms with E-state index in [-0.39, 0.29) is 6.42 Å². The topological polar surface area (TPSA) is 40.9 Å². The molecule has 0 aromatic carbocycles. The van der Waals surface area contributed by atoms with Crippen LogP contribution in [-0.2, 0) is 4.79 Å². The highest BCUT2D eigenvalue weighted by Gasteiger charge is 2.20. The minimum Gasteiger partial charge on any atom is -0.301 e.